The number of H-pyrrole nitrogens is 1. The predicted molar refractivity (Wildman–Crippen MR) is 126 cm³/mol. The van der Waals surface area contributed by atoms with Gasteiger partial charge >= 0.3 is 12.7 Å². The number of ether oxygens (including phenoxy) is 3. The average Bonchev–Trinajstić information content (AvgIpc) is 3.19. The lowest BCUT2D eigenvalue weighted by Gasteiger charge is -2.37. The van der Waals surface area contributed by atoms with Crippen LogP contribution in [0, 0.1) is 0 Å². The Labute approximate surface area is 214 Å². The summed E-state index contributed by atoms with van der Waals surface area (Å²) < 4.78 is 56.7. The topological polar surface area (TPSA) is 131 Å². The maximum atomic E-state index is 15.0. The molecule has 2 saturated heterocycles. The van der Waals surface area contributed by atoms with E-state index in [4.69, 9.17) is 9.47 Å². The Kier molecular flexibility index (Phi) is 6.36. The van der Waals surface area contributed by atoms with E-state index in [1.807, 2.05) is 11.8 Å². The van der Waals surface area contributed by atoms with E-state index in [1.54, 1.807) is 28.9 Å². The van der Waals surface area contributed by atoms with Gasteiger partial charge in [-0.3, -0.25) is 14.4 Å². The van der Waals surface area contributed by atoms with Crippen LogP contribution >= 0.6 is 0 Å². The van der Waals surface area contributed by atoms with Crippen LogP contribution in [0.15, 0.2) is 24.5 Å². The molecule has 1 amide bonds. The van der Waals surface area contributed by atoms with Crippen LogP contribution in [0.3, 0.4) is 0 Å². The largest absolute Gasteiger partial charge is 0.441 e. The van der Waals surface area contributed by atoms with Crippen molar-refractivity contribution in [3.8, 4) is 0 Å². The Morgan fingerprint density at radius 2 is 2.18 bits per heavy atom. The third kappa shape index (κ3) is 5.26. The first-order valence-corrected chi connectivity index (χ1v) is 12.3. The third-order valence-electron chi connectivity index (χ3n) is 6.93. The van der Waals surface area contributed by atoms with E-state index in [-0.39, 0.29) is 12.1 Å². The van der Waals surface area contributed by atoms with Crippen molar-refractivity contribution in [2.45, 2.75) is 62.9 Å². The molecule has 3 aromatic rings. The second-order valence-corrected chi connectivity index (χ2v) is 10.1. The molecule has 3 N–H and O–H groups in total. The standard InChI is InChI=1S/C23H27F3N8O4/c1-23(3-4-23)30-22(35)38-15-11-36-19(18(15)24)14-6-16(32-31-14)29-21-27-5-2-17-28-12(8-34(17)21)7-33-9-13(10-33)37-20(25)26/h2,5-6,8,13,15,18-20H,3-4,7,9-11H2,1H3,(H,30,35)(H2,27,29,31,32)/t15-,18-,19-/m1/s1. The van der Waals surface area contributed by atoms with Crippen LogP contribution in [0.25, 0.3) is 5.65 Å². The van der Waals surface area contributed by atoms with E-state index >= 15 is 4.39 Å². The Morgan fingerprint density at radius 3 is 2.95 bits per heavy atom. The van der Waals surface area contributed by atoms with Crippen LogP contribution in [0.5, 0.6) is 0 Å². The first kappa shape index (κ1) is 24.9. The normalized spacial score (nSPS) is 25.0. The summed E-state index contributed by atoms with van der Waals surface area (Å²) in [5.74, 6) is 0.807. The highest BCUT2D eigenvalue weighted by Gasteiger charge is 2.44. The number of likely N-dealkylation sites (tertiary alicyclic amines) is 1. The van der Waals surface area contributed by atoms with Gasteiger partial charge in [-0.2, -0.15) is 13.9 Å². The molecule has 1 aliphatic carbocycles. The second kappa shape index (κ2) is 9.71. The lowest BCUT2D eigenvalue weighted by Crippen LogP contribution is -2.52. The smallest absolute Gasteiger partial charge is 0.408 e. The fourth-order valence-electron chi connectivity index (χ4n) is 4.57. The maximum absolute atomic E-state index is 15.0. The molecule has 15 heteroatoms. The Hall–Kier alpha value is -3.43. The van der Waals surface area contributed by atoms with Crippen molar-refractivity contribution >= 4 is 23.5 Å². The number of carbonyl (C=O) groups excluding carboxylic acids is 1. The molecule has 0 unspecified atom stereocenters. The molecular weight excluding hydrogens is 509 g/mol. The highest BCUT2D eigenvalue weighted by atomic mass is 19.3. The van der Waals surface area contributed by atoms with Crippen molar-refractivity contribution in [3.63, 3.8) is 0 Å². The van der Waals surface area contributed by atoms with E-state index in [0.29, 0.717) is 42.7 Å². The van der Waals surface area contributed by atoms with Gasteiger partial charge in [-0.05, 0) is 25.8 Å². The van der Waals surface area contributed by atoms with Crippen molar-refractivity contribution in [1.82, 2.24) is 34.8 Å². The number of fused-ring (bicyclic) bond motifs is 1. The summed E-state index contributed by atoms with van der Waals surface area (Å²) in [6, 6.07) is 3.34. The van der Waals surface area contributed by atoms with Crippen LogP contribution in [0.4, 0.5) is 29.7 Å². The highest BCUT2D eigenvalue weighted by Crippen LogP contribution is 2.36. The Balaban J connectivity index is 1.07. The van der Waals surface area contributed by atoms with Crippen LogP contribution < -0.4 is 10.6 Å². The maximum Gasteiger partial charge on any atom is 0.408 e. The van der Waals surface area contributed by atoms with Crippen LogP contribution in [0.1, 0.15) is 37.3 Å². The molecule has 5 heterocycles. The molecule has 3 aliphatic rings. The van der Waals surface area contributed by atoms with Gasteiger partial charge in [0, 0.05) is 43.6 Å². The zero-order valence-corrected chi connectivity index (χ0v) is 20.4. The number of halogens is 3. The summed E-state index contributed by atoms with van der Waals surface area (Å²) in [6.45, 7) is 0.368. The number of nitrogens with one attached hydrogen (secondary N) is 3. The number of amides is 1. The van der Waals surface area contributed by atoms with Gasteiger partial charge in [0.15, 0.2) is 18.1 Å². The van der Waals surface area contributed by atoms with E-state index in [1.165, 1.54) is 0 Å². The summed E-state index contributed by atoms with van der Waals surface area (Å²) in [5.41, 5.74) is 1.50. The molecule has 2 aliphatic heterocycles. The number of rotatable bonds is 9. The van der Waals surface area contributed by atoms with E-state index < -0.39 is 37.2 Å². The van der Waals surface area contributed by atoms with Gasteiger partial charge in [0.05, 0.1) is 24.1 Å². The molecule has 38 heavy (non-hydrogen) atoms. The molecule has 0 aromatic carbocycles. The van der Waals surface area contributed by atoms with Gasteiger partial charge in [-0.25, -0.2) is 19.2 Å². The van der Waals surface area contributed by atoms with Crippen molar-refractivity contribution in [1.29, 1.82) is 0 Å². The zero-order valence-electron chi connectivity index (χ0n) is 20.4. The monoisotopic (exact) mass is 536 g/mol. The van der Waals surface area contributed by atoms with Gasteiger partial charge < -0.3 is 24.8 Å². The van der Waals surface area contributed by atoms with Crippen molar-refractivity contribution < 1.29 is 32.2 Å². The lowest BCUT2D eigenvalue weighted by atomic mass is 10.1. The number of aromatic amines is 1. The van der Waals surface area contributed by atoms with Crippen molar-refractivity contribution in [3.05, 3.63) is 35.9 Å². The van der Waals surface area contributed by atoms with Crippen molar-refractivity contribution in [2.24, 2.45) is 0 Å². The number of carbonyl (C=O) groups is 1. The number of hydrogen-bond acceptors (Lipinski definition) is 9. The molecular formula is C23H27F3N8O4. The first-order chi connectivity index (χ1) is 18.2. The van der Waals surface area contributed by atoms with E-state index in [2.05, 4.69) is 35.5 Å². The molecule has 12 nitrogen and oxygen atoms in total. The number of anilines is 2. The van der Waals surface area contributed by atoms with Crippen LogP contribution in [-0.4, -0.2) is 85.8 Å². The molecule has 0 bridgehead atoms. The first-order valence-electron chi connectivity index (χ1n) is 12.3. The third-order valence-corrected chi connectivity index (χ3v) is 6.93. The minimum atomic E-state index is -2.77. The molecule has 6 rings (SSSR count). The number of imidazole rings is 1. The average molecular weight is 537 g/mol. The molecule has 3 fully saturated rings. The quantitative estimate of drug-likeness (QED) is 0.378. The summed E-state index contributed by atoms with van der Waals surface area (Å²) >= 11 is 0. The summed E-state index contributed by atoms with van der Waals surface area (Å²) in [5, 5.41) is 12.8. The number of alkyl carbamates (subject to hydrolysis) is 1. The summed E-state index contributed by atoms with van der Waals surface area (Å²) in [4.78, 5) is 22.9. The van der Waals surface area contributed by atoms with Gasteiger partial charge in [-0.15, -0.1) is 0 Å². The summed E-state index contributed by atoms with van der Waals surface area (Å²) in [6.07, 6.45) is 0.449. The SMILES string of the molecule is CC1(NC(=O)O[C@@H]2CO[C@H](c3cc(Nc4nccc5nc(CN6CC(OC(F)F)C6)cn45)n[nH]3)[C@@H]2F)CC1. The predicted octanol–water partition coefficient (Wildman–Crippen LogP) is 2.68. The lowest BCUT2D eigenvalue weighted by molar-refractivity contribution is -0.197. The Bertz CT molecular complexity index is 1310. The summed E-state index contributed by atoms with van der Waals surface area (Å²) in [7, 11) is 0. The highest BCUT2D eigenvalue weighted by molar-refractivity contribution is 5.69. The molecule has 1 saturated carbocycles. The number of hydrogen-bond donors (Lipinski definition) is 3. The fraction of sp³-hybridized carbons (Fsp3) is 0.565. The molecule has 0 radical (unpaired) electrons. The second-order valence-electron chi connectivity index (χ2n) is 10.1. The number of nitrogens with zero attached hydrogens (tertiary/aromatic N) is 5. The fourth-order valence-corrected chi connectivity index (χ4v) is 4.57. The van der Waals surface area contributed by atoms with E-state index in [0.717, 1.165) is 18.5 Å². The molecule has 204 valence electrons. The molecule has 3 aromatic heterocycles. The molecule has 0 spiro atoms. The van der Waals surface area contributed by atoms with E-state index in [9.17, 15) is 13.6 Å². The van der Waals surface area contributed by atoms with Gasteiger partial charge in [0.25, 0.3) is 0 Å². The minimum Gasteiger partial charge on any atom is -0.441 e. The zero-order chi connectivity index (χ0) is 26.4. The minimum absolute atomic E-state index is 0.0670. The Morgan fingerprint density at radius 1 is 1.37 bits per heavy atom. The van der Waals surface area contributed by atoms with Gasteiger partial charge in [0.2, 0.25) is 5.95 Å². The molecule has 3 atom stereocenters. The van der Waals surface area contributed by atoms with Gasteiger partial charge in [-0.1, -0.05) is 0 Å². The number of aromatic nitrogens is 5. The van der Waals surface area contributed by atoms with Gasteiger partial charge in [0.1, 0.15) is 11.8 Å². The number of alkyl halides is 3. The van der Waals surface area contributed by atoms with Crippen LogP contribution in [0.2, 0.25) is 0 Å². The van der Waals surface area contributed by atoms with Crippen molar-refractivity contribution in [2.75, 3.05) is 25.0 Å². The van der Waals surface area contributed by atoms with Crippen LogP contribution in [-0.2, 0) is 20.8 Å².